The molecule has 0 aliphatic heterocycles. The predicted molar refractivity (Wildman–Crippen MR) is 81.0 cm³/mol. The van der Waals surface area contributed by atoms with Crippen LogP contribution in [0.5, 0.6) is 0 Å². The van der Waals surface area contributed by atoms with E-state index in [4.69, 9.17) is 0 Å². The monoisotopic (exact) mass is 363 g/mol. The molecule has 1 aromatic heterocycles. The van der Waals surface area contributed by atoms with Crippen LogP contribution >= 0.6 is 0 Å². The standard InChI is InChI=1S/C14H20F3N5O3/c1-2-3-4-5-10(7-22(25)9-23)13(24)21-20-12-6-11(14(15,16)17)18-8-19-12/h6,8-10,25H,2-5,7H2,1H3,(H,21,24)(H,18,19,20). The number of aromatic nitrogens is 2. The maximum Gasteiger partial charge on any atom is 0.433 e. The number of hydrazine groups is 1. The number of hydroxylamine groups is 2. The van der Waals surface area contributed by atoms with E-state index < -0.39 is 23.7 Å². The van der Waals surface area contributed by atoms with Gasteiger partial charge in [-0.25, -0.2) is 15.0 Å². The molecule has 1 atom stereocenters. The zero-order chi connectivity index (χ0) is 18.9. The smallest absolute Gasteiger partial charge is 0.286 e. The fraction of sp³-hybridized carbons (Fsp3) is 0.571. The first-order chi connectivity index (χ1) is 11.8. The molecule has 0 fully saturated rings. The lowest BCUT2D eigenvalue weighted by atomic mass is 10.0. The first-order valence-corrected chi connectivity index (χ1v) is 7.63. The number of nitrogens with one attached hydrogen (secondary N) is 2. The largest absolute Gasteiger partial charge is 0.433 e. The lowest BCUT2D eigenvalue weighted by Crippen LogP contribution is -2.40. The van der Waals surface area contributed by atoms with Crippen molar-refractivity contribution in [2.24, 2.45) is 5.92 Å². The second-order valence-electron chi connectivity index (χ2n) is 5.32. The molecule has 0 radical (unpaired) electrons. The van der Waals surface area contributed by atoms with E-state index in [0.29, 0.717) is 24.0 Å². The van der Waals surface area contributed by atoms with Gasteiger partial charge in [-0.3, -0.25) is 25.6 Å². The van der Waals surface area contributed by atoms with Crippen molar-refractivity contribution in [3.05, 3.63) is 18.1 Å². The topological polar surface area (TPSA) is 107 Å². The number of nitrogens with zero attached hydrogens (tertiary/aromatic N) is 3. The Morgan fingerprint density at radius 3 is 2.72 bits per heavy atom. The molecule has 8 nitrogen and oxygen atoms in total. The van der Waals surface area contributed by atoms with Gasteiger partial charge in [0.05, 0.1) is 12.5 Å². The van der Waals surface area contributed by atoms with E-state index in [1.54, 1.807) is 0 Å². The Morgan fingerprint density at radius 2 is 2.12 bits per heavy atom. The maximum absolute atomic E-state index is 12.6. The number of rotatable bonds is 10. The summed E-state index contributed by atoms with van der Waals surface area (Å²) in [5.41, 5.74) is 3.36. The van der Waals surface area contributed by atoms with E-state index in [0.717, 1.165) is 19.2 Å². The molecule has 0 spiro atoms. The SMILES string of the molecule is CCCCCC(CN(O)C=O)C(=O)NNc1cc(C(F)(F)F)ncn1. The van der Waals surface area contributed by atoms with Crippen molar-refractivity contribution < 1.29 is 28.0 Å². The molecule has 0 aromatic carbocycles. The van der Waals surface area contributed by atoms with Crippen LogP contribution in [-0.2, 0) is 15.8 Å². The van der Waals surface area contributed by atoms with Gasteiger partial charge < -0.3 is 0 Å². The van der Waals surface area contributed by atoms with Crippen LogP contribution in [0.3, 0.4) is 0 Å². The molecule has 0 bridgehead atoms. The van der Waals surface area contributed by atoms with Crippen molar-refractivity contribution in [1.29, 1.82) is 0 Å². The lowest BCUT2D eigenvalue weighted by molar-refractivity contribution is -0.154. The summed E-state index contributed by atoms with van der Waals surface area (Å²) in [6, 6.07) is 0.649. The van der Waals surface area contributed by atoms with E-state index >= 15 is 0 Å². The molecule has 0 saturated heterocycles. The van der Waals surface area contributed by atoms with Crippen LogP contribution in [0.1, 0.15) is 38.3 Å². The molecule has 0 aliphatic carbocycles. The molecule has 2 amide bonds. The lowest BCUT2D eigenvalue weighted by Gasteiger charge is -2.20. The summed E-state index contributed by atoms with van der Waals surface area (Å²) in [7, 11) is 0. The molecule has 1 aromatic rings. The van der Waals surface area contributed by atoms with Gasteiger partial charge in [-0.15, -0.1) is 0 Å². The van der Waals surface area contributed by atoms with Gasteiger partial charge in [0.15, 0.2) is 0 Å². The maximum atomic E-state index is 12.6. The quantitative estimate of drug-likeness (QED) is 0.254. The summed E-state index contributed by atoms with van der Waals surface area (Å²) in [5, 5.41) is 9.61. The van der Waals surface area contributed by atoms with Crippen LogP contribution < -0.4 is 10.9 Å². The highest BCUT2D eigenvalue weighted by Gasteiger charge is 2.32. The highest BCUT2D eigenvalue weighted by molar-refractivity contribution is 5.80. The third kappa shape index (κ3) is 7.33. The number of unbranched alkanes of at least 4 members (excludes halogenated alkanes) is 2. The van der Waals surface area contributed by atoms with Crippen molar-refractivity contribution in [3.8, 4) is 0 Å². The number of anilines is 1. The molecule has 1 unspecified atom stereocenters. The van der Waals surface area contributed by atoms with Crippen LogP contribution in [0.2, 0.25) is 0 Å². The van der Waals surface area contributed by atoms with E-state index in [1.165, 1.54) is 0 Å². The summed E-state index contributed by atoms with van der Waals surface area (Å²) in [6.45, 7) is 1.76. The fourth-order valence-corrected chi connectivity index (χ4v) is 2.02. The summed E-state index contributed by atoms with van der Waals surface area (Å²) >= 11 is 0. The second-order valence-corrected chi connectivity index (χ2v) is 5.32. The van der Waals surface area contributed by atoms with Gasteiger partial charge in [0.2, 0.25) is 12.3 Å². The molecule has 1 heterocycles. The average molecular weight is 363 g/mol. The Morgan fingerprint density at radius 1 is 1.40 bits per heavy atom. The number of amides is 2. The minimum atomic E-state index is -4.63. The summed E-state index contributed by atoms with van der Waals surface area (Å²) in [5.74, 6) is -1.54. The van der Waals surface area contributed by atoms with Crippen molar-refractivity contribution in [3.63, 3.8) is 0 Å². The Balaban J connectivity index is 2.68. The van der Waals surface area contributed by atoms with E-state index in [2.05, 4.69) is 20.8 Å². The van der Waals surface area contributed by atoms with E-state index in [1.807, 2.05) is 6.92 Å². The van der Waals surface area contributed by atoms with Gasteiger partial charge in [-0.2, -0.15) is 13.2 Å². The van der Waals surface area contributed by atoms with E-state index in [-0.39, 0.29) is 18.8 Å². The molecule has 140 valence electrons. The highest BCUT2D eigenvalue weighted by atomic mass is 19.4. The molecule has 11 heteroatoms. The van der Waals surface area contributed by atoms with Crippen LogP contribution in [0, 0.1) is 5.92 Å². The molecule has 1 rings (SSSR count). The van der Waals surface area contributed by atoms with Crippen LogP contribution in [0.4, 0.5) is 19.0 Å². The Labute approximate surface area is 142 Å². The second kappa shape index (κ2) is 9.77. The Bertz CT molecular complexity index is 571. The molecule has 0 saturated carbocycles. The summed E-state index contributed by atoms with van der Waals surface area (Å²) in [4.78, 5) is 29.3. The molecule has 3 N–H and O–H groups in total. The molecular formula is C14H20F3N5O3. The molecule has 25 heavy (non-hydrogen) atoms. The predicted octanol–water partition coefficient (Wildman–Crippen LogP) is 1.98. The van der Waals surface area contributed by atoms with Gasteiger partial charge in [0.25, 0.3) is 0 Å². The van der Waals surface area contributed by atoms with Gasteiger partial charge in [-0.05, 0) is 6.42 Å². The normalized spacial score (nSPS) is 12.4. The van der Waals surface area contributed by atoms with Gasteiger partial charge in [0, 0.05) is 6.07 Å². The van der Waals surface area contributed by atoms with Crippen molar-refractivity contribution in [1.82, 2.24) is 20.5 Å². The third-order valence-corrected chi connectivity index (χ3v) is 3.33. The number of alkyl halides is 3. The first-order valence-electron chi connectivity index (χ1n) is 7.63. The minimum Gasteiger partial charge on any atom is -0.286 e. The Hall–Kier alpha value is -2.43. The van der Waals surface area contributed by atoms with Crippen molar-refractivity contribution >= 4 is 18.1 Å². The Kier molecular flexibility index (Phi) is 8.05. The first kappa shape index (κ1) is 20.6. The van der Waals surface area contributed by atoms with E-state index in [9.17, 15) is 28.0 Å². The minimum absolute atomic E-state index is 0.174. The third-order valence-electron chi connectivity index (χ3n) is 3.33. The zero-order valence-electron chi connectivity index (χ0n) is 13.6. The number of hydrogen-bond donors (Lipinski definition) is 3. The van der Waals surface area contributed by atoms with Gasteiger partial charge in [0.1, 0.15) is 17.8 Å². The zero-order valence-corrected chi connectivity index (χ0v) is 13.6. The van der Waals surface area contributed by atoms with Crippen LogP contribution in [0.15, 0.2) is 12.4 Å². The average Bonchev–Trinajstić information content (AvgIpc) is 2.58. The molecular weight excluding hydrogens is 343 g/mol. The van der Waals surface area contributed by atoms with Crippen LogP contribution in [-0.4, -0.2) is 39.1 Å². The highest BCUT2D eigenvalue weighted by Crippen LogP contribution is 2.27. The van der Waals surface area contributed by atoms with Crippen molar-refractivity contribution in [2.45, 2.75) is 38.8 Å². The number of hydrogen-bond acceptors (Lipinski definition) is 6. The van der Waals surface area contributed by atoms with Crippen LogP contribution in [0.25, 0.3) is 0 Å². The summed E-state index contributed by atoms with van der Waals surface area (Å²) in [6.07, 6.45) is -0.843. The molecule has 0 aliphatic rings. The number of carbonyl (C=O) groups excluding carboxylic acids is 2. The van der Waals surface area contributed by atoms with Crippen molar-refractivity contribution in [2.75, 3.05) is 12.0 Å². The summed E-state index contributed by atoms with van der Waals surface area (Å²) < 4.78 is 37.7. The number of halogens is 3. The number of carbonyl (C=O) groups is 2. The fourth-order valence-electron chi connectivity index (χ4n) is 2.02. The van der Waals surface area contributed by atoms with Gasteiger partial charge >= 0.3 is 6.18 Å². The van der Waals surface area contributed by atoms with Gasteiger partial charge in [-0.1, -0.05) is 26.2 Å².